The molecule has 0 bridgehead atoms. The van der Waals surface area contributed by atoms with E-state index in [9.17, 15) is 9.59 Å². The average molecular weight is 450 g/mol. The lowest BCUT2D eigenvalue weighted by atomic mass is 10.1. The van der Waals surface area contributed by atoms with Gasteiger partial charge in [-0.05, 0) is 30.7 Å². The van der Waals surface area contributed by atoms with E-state index in [1.54, 1.807) is 18.2 Å². The summed E-state index contributed by atoms with van der Waals surface area (Å²) in [6.45, 7) is 3.53. The highest BCUT2D eigenvalue weighted by molar-refractivity contribution is 7.17. The maximum atomic E-state index is 12.2. The zero-order valence-corrected chi connectivity index (χ0v) is 19.2. The summed E-state index contributed by atoms with van der Waals surface area (Å²) in [7, 11) is 5.79. The molecule has 0 aliphatic carbocycles. The van der Waals surface area contributed by atoms with Gasteiger partial charge in [0.1, 0.15) is 5.71 Å². The van der Waals surface area contributed by atoms with Crippen molar-refractivity contribution < 1.29 is 14.1 Å². The van der Waals surface area contributed by atoms with Crippen molar-refractivity contribution in [1.82, 2.24) is 15.8 Å². The summed E-state index contributed by atoms with van der Waals surface area (Å²) in [6, 6.07) is 7.37. The predicted molar refractivity (Wildman–Crippen MR) is 122 cm³/mol. The molecule has 1 aromatic heterocycles. The fraction of sp³-hybridized carbons (Fsp3) is 0.300. The molecule has 30 heavy (non-hydrogen) atoms. The lowest BCUT2D eigenvalue weighted by Gasteiger charge is -2.22. The van der Waals surface area contributed by atoms with E-state index in [1.807, 2.05) is 46.3 Å². The number of allylic oxidation sites excluding steroid dienone is 1. The molecular formula is C20H26ClN6O2S+. The second kappa shape index (κ2) is 10.3. The smallest absolute Gasteiger partial charge is 0.295 e. The Morgan fingerprint density at radius 3 is 2.50 bits per heavy atom. The highest BCUT2D eigenvalue weighted by Gasteiger charge is 2.16. The Kier molecular flexibility index (Phi) is 8.10. The maximum absolute atomic E-state index is 12.2. The molecule has 0 unspecified atom stereocenters. The second-order valence-corrected chi connectivity index (χ2v) is 9.04. The number of amides is 2. The van der Waals surface area contributed by atoms with Crippen molar-refractivity contribution in [3.05, 3.63) is 51.5 Å². The molecule has 0 fully saturated rings. The van der Waals surface area contributed by atoms with E-state index in [4.69, 9.17) is 11.6 Å². The van der Waals surface area contributed by atoms with E-state index in [0.29, 0.717) is 26.0 Å². The lowest BCUT2D eigenvalue weighted by Crippen LogP contribution is -2.43. The quantitative estimate of drug-likeness (QED) is 0.328. The first-order chi connectivity index (χ1) is 14.0. The van der Waals surface area contributed by atoms with Gasteiger partial charge in [0, 0.05) is 11.9 Å². The lowest BCUT2D eigenvalue weighted by molar-refractivity contribution is -0.862. The Morgan fingerprint density at radius 1 is 1.23 bits per heavy atom. The van der Waals surface area contributed by atoms with Crippen molar-refractivity contribution in [3.63, 3.8) is 0 Å². The number of thiazole rings is 1. The average Bonchev–Trinajstić information content (AvgIpc) is 3.00. The number of hydrogen-bond acceptors (Lipinski definition) is 6. The molecule has 0 atom stereocenters. The summed E-state index contributed by atoms with van der Waals surface area (Å²) < 4.78 is 0.488. The van der Waals surface area contributed by atoms with Crippen LogP contribution in [0.3, 0.4) is 0 Å². The molecule has 0 radical (unpaired) electrons. The van der Waals surface area contributed by atoms with Crippen LogP contribution in [0.5, 0.6) is 0 Å². The van der Waals surface area contributed by atoms with Gasteiger partial charge in [0.15, 0.2) is 6.54 Å². The fourth-order valence-electron chi connectivity index (χ4n) is 2.33. The summed E-state index contributed by atoms with van der Waals surface area (Å²) in [4.78, 5) is 28.5. The predicted octanol–water partition coefficient (Wildman–Crippen LogP) is 2.81. The van der Waals surface area contributed by atoms with Crippen LogP contribution in [0.4, 0.5) is 5.13 Å². The number of quaternary nitrogens is 1. The number of hydrazone groups is 1. The van der Waals surface area contributed by atoms with Crippen LogP contribution in [0.2, 0.25) is 5.02 Å². The van der Waals surface area contributed by atoms with Gasteiger partial charge >= 0.3 is 0 Å². The third-order valence-electron chi connectivity index (χ3n) is 3.60. The van der Waals surface area contributed by atoms with Gasteiger partial charge in [-0.2, -0.15) is 5.10 Å². The van der Waals surface area contributed by atoms with E-state index >= 15 is 0 Å². The summed E-state index contributed by atoms with van der Waals surface area (Å²) >= 11 is 7.26. The molecule has 0 saturated carbocycles. The third kappa shape index (κ3) is 7.94. The van der Waals surface area contributed by atoms with Crippen molar-refractivity contribution in [2.75, 3.05) is 33.1 Å². The molecule has 0 spiro atoms. The largest absolute Gasteiger partial charge is 0.323 e. The van der Waals surface area contributed by atoms with Gasteiger partial charge in [-0.1, -0.05) is 41.1 Å². The summed E-state index contributed by atoms with van der Waals surface area (Å²) in [5.74, 6) is -0.424. The van der Waals surface area contributed by atoms with Crippen LogP contribution >= 0.6 is 22.9 Å². The van der Waals surface area contributed by atoms with Gasteiger partial charge in [0.2, 0.25) is 11.0 Å². The van der Waals surface area contributed by atoms with E-state index in [-0.39, 0.29) is 18.4 Å². The first kappa shape index (κ1) is 23.5. The maximum Gasteiger partial charge on any atom is 0.295 e. The first-order valence-electron chi connectivity index (χ1n) is 9.14. The molecule has 3 N–H and O–H groups in total. The summed E-state index contributed by atoms with van der Waals surface area (Å²) in [5.41, 5.74) is 10.1. The second-order valence-electron chi connectivity index (χ2n) is 7.61. The van der Waals surface area contributed by atoms with Crippen molar-refractivity contribution in [2.24, 2.45) is 5.10 Å². The van der Waals surface area contributed by atoms with Gasteiger partial charge in [-0.25, -0.2) is 10.4 Å². The Hall–Kier alpha value is -2.75. The first-order valence-corrected chi connectivity index (χ1v) is 10.3. The van der Waals surface area contributed by atoms with Gasteiger partial charge in [0.05, 0.1) is 31.7 Å². The number of rotatable bonds is 8. The molecule has 2 amide bonds. The minimum Gasteiger partial charge on any atom is -0.323 e. The monoisotopic (exact) mass is 449 g/mol. The van der Waals surface area contributed by atoms with Crippen LogP contribution in [0.1, 0.15) is 23.1 Å². The highest BCUT2D eigenvalue weighted by atomic mass is 35.5. The zero-order valence-electron chi connectivity index (χ0n) is 17.6. The SMILES string of the molecule is CC(=O)NNc1nc(C)c(C(C=Cc2ccc(Cl)cc2)=NNC(=O)C[N+](C)(C)C)s1. The zero-order chi connectivity index (χ0) is 22.3. The van der Waals surface area contributed by atoms with Crippen molar-refractivity contribution in [2.45, 2.75) is 13.8 Å². The molecule has 2 rings (SSSR count). The molecule has 10 heteroatoms. The van der Waals surface area contributed by atoms with E-state index in [1.165, 1.54) is 18.3 Å². The number of carbonyl (C=O) groups excluding carboxylic acids is 2. The van der Waals surface area contributed by atoms with Crippen LogP contribution in [-0.4, -0.2) is 54.7 Å². The van der Waals surface area contributed by atoms with Gasteiger partial charge in [0.25, 0.3) is 5.91 Å². The summed E-state index contributed by atoms with van der Waals surface area (Å²) in [5, 5.41) is 5.50. The minimum absolute atomic E-state index is 0.196. The van der Waals surface area contributed by atoms with Crippen molar-refractivity contribution >= 4 is 51.7 Å². The van der Waals surface area contributed by atoms with E-state index in [2.05, 4.69) is 26.4 Å². The van der Waals surface area contributed by atoms with Crippen LogP contribution in [0.25, 0.3) is 6.08 Å². The van der Waals surface area contributed by atoms with Crippen LogP contribution in [-0.2, 0) is 9.59 Å². The number of nitrogens with one attached hydrogen (secondary N) is 3. The Bertz CT molecular complexity index is 961. The molecule has 160 valence electrons. The molecular weight excluding hydrogens is 424 g/mol. The number of hydrogen-bond donors (Lipinski definition) is 3. The van der Waals surface area contributed by atoms with Crippen LogP contribution in [0.15, 0.2) is 35.4 Å². The Morgan fingerprint density at radius 2 is 1.90 bits per heavy atom. The number of anilines is 1. The number of aryl methyl sites for hydroxylation is 1. The van der Waals surface area contributed by atoms with Crippen molar-refractivity contribution in [3.8, 4) is 0 Å². The molecule has 0 aliphatic rings. The Labute approximate surface area is 185 Å². The number of aromatic nitrogens is 1. The van der Waals surface area contributed by atoms with E-state index in [0.717, 1.165) is 10.4 Å². The number of hydrazine groups is 1. The highest BCUT2D eigenvalue weighted by Crippen LogP contribution is 2.23. The number of carbonyl (C=O) groups is 2. The number of nitrogens with zero attached hydrogens (tertiary/aromatic N) is 3. The molecule has 1 aromatic carbocycles. The molecule has 0 saturated heterocycles. The molecule has 1 heterocycles. The van der Waals surface area contributed by atoms with Crippen molar-refractivity contribution in [1.29, 1.82) is 0 Å². The minimum atomic E-state index is -0.228. The van der Waals surface area contributed by atoms with Crippen LogP contribution < -0.4 is 16.3 Å². The number of likely N-dealkylation sites (N-methyl/N-ethyl adjacent to an activating group) is 1. The van der Waals surface area contributed by atoms with E-state index < -0.39 is 0 Å². The third-order valence-corrected chi connectivity index (χ3v) is 4.94. The topological polar surface area (TPSA) is 95.5 Å². The standard InChI is InChI=1S/C20H25ClN6O2S/c1-13-19(30-20(22-13)26-23-14(2)28)17(24-25-18(29)12-27(3,4)5)11-8-15-6-9-16(21)10-7-15/h6-11H,12H2,1-5H3,(H2-,22,23,24,25,26,28,29)/p+1. The number of halogens is 1. The summed E-state index contributed by atoms with van der Waals surface area (Å²) in [6.07, 6.45) is 3.68. The molecule has 0 aliphatic heterocycles. The van der Waals surface area contributed by atoms with Gasteiger partial charge in [-0.3, -0.25) is 20.4 Å². The normalized spacial score (nSPS) is 12.1. The fourth-order valence-corrected chi connectivity index (χ4v) is 3.35. The number of benzene rings is 1. The van der Waals surface area contributed by atoms with Crippen LogP contribution in [0, 0.1) is 6.92 Å². The van der Waals surface area contributed by atoms with Gasteiger partial charge < -0.3 is 4.48 Å². The Balaban J connectivity index is 2.30. The molecule has 2 aromatic rings. The molecule has 8 nitrogen and oxygen atoms in total. The van der Waals surface area contributed by atoms with Gasteiger partial charge in [-0.15, -0.1) is 0 Å².